The van der Waals surface area contributed by atoms with E-state index in [-0.39, 0.29) is 11.6 Å². The summed E-state index contributed by atoms with van der Waals surface area (Å²) in [5, 5.41) is 6.53. The molecule has 1 aromatic rings. The van der Waals surface area contributed by atoms with Crippen LogP contribution >= 0.6 is 0 Å². The summed E-state index contributed by atoms with van der Waals surface area (Å²) in [4.78, 5) is 2.25. The average Bonchev–Trinajstić information content (AvgIpc) is 2.98. The van der Waals surface area contributed by atoms with Crippen molar-refractivity contribution in [3.63, 3.8) is 0 Å². The summed E-state index contributed by atoms with van der Waals surface area (Å²) in [5.74, 6) is 0. The number of aromatic amines is 1. The van der Waals surface area contributed by atoms with Crippen LogP contribution in [0.1, 0.15) is 24.1 Å². The van der Waals surface area contributed by atoms with Crippen LogP contribution in [0.4, 0.5) is 0 Å². The molecule has 8 heteroatoms. The van der Waals surface area contributed by atoms with Crippen LogP contribution in [0.15, 0.2) is 5.03 Å². The van der Waals surface area contributed by atoms with Gasteiger partial charge in [-0.15, -0.1) is 0 Å². The summed E-state index contributed by atoms with van der Waals surface area (Å²) in [6.07, 6.45) is 2.39. The Morgan fingerprint density at radius 3 is 2.74 bits per heavy atom. The molecule has 0 unspecified atom stereocenters. The van der Waals surface area contributed by atoms with Gasteiger partial charge in [-0.05, 0) is 32.9 Å². The summed E-state index contributed by atoms with van der Waals surface area (Å²) in [5.41, 5.74) is 6.81. The van der Waals surface area contributed by atoms with Crippen LogP contribution in [0, 0.1) is 6.92 Å². The fourth-order valence-electron chi connectivity index (χ4n) is 2.31. The maximum atomic E-state index is 12.1. The van der Waals surface area contributed by atoms with Gasteiger partial charge in [0.1, 0.15) is 0 Å². The van der Waals surface area contributed by atoms with E-state index in [4.69, 9.17) is 5.73 Å². The van der Waals surface area contributed by atoms with Crippen LogP contribution < -0.4 is 10.5 Å². The molecule has 0 radical (unpaired) electrons. The van der Waals surface area contributed by atoms with Crippen molar-refractivity contribution in [3.8, 4) is 0 Å². The molecule has 0 atom stereocenters. The molecule has 7 nitrogen and oxygen atoms in total. The van der Waals surface area contributed by atoms with Gasteiger partial charge < -0.3 is 10.6 Å². The average molecular weight is 287 g/mol. The molecular weight excluding hydrogens is 266 g/mol. The fourth-order valence-corrected chi connectivity index (χ4v) is 3.53. The first-order valence-corrected chi connectivity index (χ1v) is 7.99. The number of hydrogen-bond acceptors (Lipinski definition) is 5. The van der Waals surface area contributed by atoms with Crippen LogP contribution in [0.5, 0.6) is 0 Å². The number of nitrogens with one attached hydrogen (secondary N) is 2. The van der Waals surface area contributed by atoms with Gasteiger partial charge in [0.15, 0.2) is 5.03 Å². The maximum Gasteiger partial charge on any atom is 0.260 e. The van der Waals surface area contributed by atoms with E-state index in [1.54, 1.807) is 6.92 Å². The third-order valence-corrected chi connectivity index (χ3v) is 4.84. The molecule has 2 rings (SSSR count). The molecule has 0 spiro atoms. The molecule has 0 aromatic carbocycles. The van der Waals surface area contributed by atoms with E-state index in [1.807, 2.05) is 0 Å². The van der Waals surface area contributed by atoms with Gasteiger partial charge in [-0.25, -0.2) is 13.1 Å². The molecule has 1 aliphatic rings. The summed E-state index contributed by atoms with van der Waals surface area (Å²) in [6.45, 7) is 5.16. The maximum absolute atomic E-state index is 12.1. The number of likely N-dealkylation sites (tertiary alicyclic amines) is 1. The first-order chi connectivity index (χ1) is 9.04. The number of hydrogen-bond donors (Lipinski definition) is 3. The molecular formula is C11H21N5O2S. The Morgan fingerprint density at radius 1 is 1.42 bits per heavy atom. The molecule has 1 fully saturated rings. The van der Waals surface area contributed by atoms with Crippen LogP contribution in [-0.2, 0) is 16.6 Å². The van der Waals surface area contributed by atoms with E-state index in [9.17, 15) is 8.42 Å². The van der Waals surface area contributed by atoms with Gasteiger partial charge in [0.25, 0.3) is 10.0 Å². The normalized spacial score (nSPS) is 17.2. The van der Waals surface area contributed by atoms with E-state index in [1.165, 1.54) is 12.8 Å². The molecule has 0 bridgehead atoms. The van der Waals surface area contributed by atoms with Gasteiger partial charge in [0, 0.05) is 30.9 Å². The summed E-state index contributed by atoms with van der Waals surface area (Å²) in [7, 11) is -3.57. The molecule has 0 amide bonds. The molecule has 1 aliphatic heterocycles. The van der Waals surface area contributed by atoms with Crippen LogP contribution in [0.3, 0.4) is 0 Å². The molecule has 0 saturated carbocycles. The number of aryl methyl sites for hydroxylation is 1. The zero-order valence-electron chi connectivity index (χ0n) is 11.1. The quantitative estimate of drug-likeness (QED) is 0.657. The predicted molar refractivity (Wildman–Crippen MR) is 72.1 cm³/mol. The minimum absolute atomic E-state index is 0.0221. The summed E-state index contributed by atoms with van der Waals surface area (Å²) < 4.78 is 26.8. The van der Waals surface area contributed by atoms with Crippen molar-refractivity contribution in [1.82, 2.24) is 19.8 Å². The van der Waals surface area contributed by atoms with Gasteiger partial charge in [0.05, 0.1) is 0 Å². The lowest BCUT2D eigenvalue weighted by Gasteiger charge is -2.14. The van der Waals surface area contributed by atoms with Crippen LogP contribution in [-0.4, -0.2) is 49.7 Å². The van der Waals surface area contributed by atoms with Gasteiger partial charge in [0.2, 0.25) is 0 Å². The summed E-state index contributed by atoms with van der Waals surface area (Å²) >= 11 is 0. The molecule has 108 valence electrons. The lowest BCUT2D eigenvalue weighted by molar-refractivity contribution is 0.344. The lowest BCUT2D eigenvalue weighted by Crippen LogP contribution is -2.34. The van der Waals surface area contributed by atoms with E-state index >= 15 is 0 Å². The third kappa shape index (κ3) is 3.33. The Bertz CT molecular complexity index is 519. The van der Waals surface area contributed by atoms with Gasteiger partial charge in [-0.2, -0.15) is 5.10 Å². The number of nitrogens with two attached hydrogens (primary N) is 1. The molecule has 19 heavy (non-hydrogen) atoms. The van der Waals surface area contributed by atoms with Crippen LogP contribution in [0.25, 0.3) is 0 Å². The Morgan fingerprint density at radius 2 is 2.11 bits per heavy atom. The largest absolute Gasteiger partial charge is 0.326 e. The highest BCUT2D eigenvalue weighted by Crippen LogP contribution is 2.15. The number of aromatic nitrogens is 2. The van der Waals surface area contributed by atoms with Crippen molar-refractivity contribution in [2.75, 3.05) is 26.2 Å². The minimum Gasteiger partial charge on any atom is -0.326 e. The van der Waals surface area contributed by atoms with E-state index < -0.39 is 10.0 Å². The lowest BCUT2D eigenvalue weighted by atomic mass is 10.3. The fraction of sp³-hybridized carbons (Fsp3) is 0.727. The Kier molecular flexibility index (Phi) is 4.56. The van der Waals surface area contributed by atoms with Gasteiger partial charge >= 0.3 is 0 Å². The van der Waals surface area contributed by atoms with E-state index in [2.05, 4.69) is 19.8 Å². The van der Waals surface area contributed by atoms with Crippen molar-refractivity contribution in [2.24, 2.45) is 5.73 Å². The second-order valence-electron chi connectivity index (χ2n) is 4.78. The van der Waals surface area contributed by atoms with E-state index in [0.717, 1.165) is 19.6 Å². The highest BCUT2D eigenvalue weighted by Gasteiger charge is 2.23. The standard InChI is InChI=1S/C11H21N5O2S/c1-9-10(8-12)11(15-14-9)19(17,18)13-4-7-16-5-2-3-6-16/h13H,2-8,12H2,1H3,(H,14,15). The molecule has 0 aliphatic carbocycles. The first kappa shape index (κ1) is 14.4. The van der Waals surface area contributed by atoms with Crippen molar-refractivity contribution in [1.29, 1.82) is 0 Å². The zero-order valence-corrected chi connectivity index (χ0v) is 12.0. The van der Waals surface area contributed by atoms with E-state index in [0.29, 0.717) is 17.8 Å². The molecule has 1 aromatic heterocycles. The second-order valence-corrected chi connectivity index (χ2v) is 6.47. The molecule has 2 heterocycles. The van der Waals surface area contributed by atoms with Crippen molar-refractivity contribution in [2.45, 2.75) is 31.3 Å². The molecule has 1 saturated heterocycles. The third-order valence-electron chi connectivity index (χ3n) is 3.41. The topological polar surface area (TPSA) is 104 Å². The minimum atomic E-state index is -3.57. The van der Waals surface area contributed by atoms with Crippen LogP contribution in [0.2, 0.25) is 0 Å². The van der Waals surface area contributed by atoms with Crippen molar-refractivity contribution >= 4 is 10.0 Å². The monoisotopic (exact) mass is 287 g/mol. The number of sulfonamides is 1. The highest BCUT2D eigenvalue weighted by molar-refractivity contribution is 7.89. The number of H-pyrrole nitrogens is 1. The first-order valence-electron chi connectivity index (χ1n) is 6.50. The van der Waals surface area contributed by atoms with Crippen molar-refractivity contribution < 1.29 is 8.42 Å². The number of rotatable bonds is 6. The summed E-state index contributed by atoms with van der Waals surface area (Å²) in [6, 6.07) is 0. The van der Waals surface area contributed by atoms with Gasteiger partial charge in [-0.1, -0.05) is 0 Å². The second kappa shape index (κ2) is 6.00. The highest BCUT2D eigenvalue weighted by atomic mass is 32.2. The smallest absolute Gasteiger partial charge is 0.260 e. The number of nitrogens with zero attached hydrogens (tertiary/aromatic N) is 2. The zero-order chi connectivity index (χ0) is 13.9. The Labute approximate surface area is 113 Å². The molecule has 4 N–H and O–H groups in total. The SMILES string of the molecule is Cc1[nH]nc(S(=O)(=O)NCCN2CCCC2)c1CN. The predicted octanol–water partition coefficient (Wildman–Crippen LogP) is -0.449. The Hall–Kier alpha value is -0.960. The van der Waals surface area contributed by atoms with Gasteiger partial charge in [-0.3, -0.25) is 5.10 Å². The Balaban J connectivity index is 1.97. The van der Waals surface area contributed by atoms with Crippen molar-refractivity contribution in [3.05, 3.63) is 11.3 Å².